The molecule has 1 spiro atoms. The zero-order valence-electron chi connectivity index (χ0n) is 10.1. The minimum absolute atomic E-state index is 0.152. The SMILES string of the molecule is O=C1NSC2(CC[C@H](c3ccc(Br)cc3)C2)C(=O)N1. The van der Waals surface area contributed by atoms with Crippen molar-refractivity contribution in [2.75, 3.05) is 0 Å². The number of nitrogens with one attached hydrogen (secondary N) is 2. The van der Waals surface area contributed by atoms with Crippen molar-refractivity contribution in [3.8, 4) is 0 Å². The number of rotatable bonds is 1. The second-order valence-electron chi connectivity index (χ2n) is 4.97. The van der Waals surface area contributed by atoms with Crippen molar-refractivity contribution in [3.05, 3.63) is 34.3 Å². The Morgan fingerprint density at radius 3 is 2.68 bits per heavy atom. The van der Waals surface area contributed by atoms with Crippen LogP contribution in [0.3, 0.4) is 0 Å². The summed E-state index contributed by atoms with van der Waals surface area (Å²) in [7, 11) is 0. The molecule has 4 nitrogen and oxygen atoms in total. The average Bonchev–Trinajstić information content (AvgIpc) is 2.81. The van der Waals surface area contributed by atoms with E-state index in [2.05, 4.69) is 38.1 Å². The molecular weight excluding hydrogens is 328 g/mol. The highest BCUT2D eigenvalue weighted by Gasteiger charge is 2.49. The van der Waals surface area contributed by atoms with Crippen molar-refractivity contribution in [1.82, 2.24) is 10.0 Å². The van der Waals surface area contributed by atoms with Gasteiger partial charge in [0.2, 0.25) is 5.91 Å². The number of carbonyl (C=O) groups excluding carboxylic acids is 2. The lowest BCUT2D eigenvalue weighted by Crippen LogP contribution is -2.54. The van der Waals surface area contributed by atoms with E-state index in [4.69, 9.17) is 0 Å². The lowest BCUT2D eigenvalue weighted by Gasteiger charge is -2.30. The van der Waals surface area contributed by atoms with Gasteiger partial charge in [-0.15, -0.1) is 0 Å². The van der Waals surface area contributed by atoms with Gasteiger partial charge in [-0.05, 0) is 54.8 Å². The van der Waals surface area contributed by atoms with E-state index in [1.165, 1.54) is 17.5 Å². The number of amides is 3. The summed E-state index contributed by atoms with van der Waals surface area (Å²) < 4.78 is 3.23. The second kappa shape index (κ2) is 4.83. The zero-order valence-corrected chi connectivity index (χ0v) is 12.5. The van der Waals surface area contributed by atoms with Crippen LogP contribution >= 0.6 is 27.9 Å². The normalized spacial score (nSPS) is 30.3. The van der Waals surface area contributed by atoms with Crippen LogP contribution in [-0.2, 0) is 4.79 Å². The van der Waals surface area contributed by atoms with Crippen LogP contribution < -0.4 is 10.0 Å². The Kier molecular flexibility index (Phi) is 3.30. The van der Waals surface area contributed by atoms with Crippen molar-refractivity contribution in [3.63, 3.8) is 0 Å². The molecule has 1 aromatic carbocycles. The predicted molar refractivity (Wildman–Crippen MR) is 77.7 cm³/mol. The van der Waals surface area contributed by atoms with Gasteiger partial charge in [0.05, 0.1) is 0 Å². The molecule has 1 aliphatic heterocycles. The fraction of sp³-hybridized carbons (Fsp3) is 0.385. The first kappa shape index (κ1) is 13.0. The number of hydrogen-bond acceptors (Lipinski definition) is 3. The highest BCUT2D eigenvalue weighted by atomic mass is 79.9. The number of imide groups is 1. The molecule has 2 atom stereocenters. The molecule has 2 N–H and O–H groups in total. The quantitative estimate of drug-likeness (QED) is 0.772. The maximum absolute atomic E-state index is 12.1. The Balaban J connectivity index is 1.78. The molecule has 0 bridgehead atoms. The number of halogens is 1. The molecule has 19 heavy (non-hydrogen) atoms. The summed E-state index contributed by atoms with van der Waals surface area (Å²) in [6, 6.07) is 7.83. The third-order valence-corrected chi connectivity index (χ3v) is 5.56. The minimum Gasteiger partial charge on any atom is -0.281 e. The van der Waals surface area contributed by atoms with Crippen molar-refractivity contribution >= 4 is 39.8 Å². The Bertz CT molecular complexity index is 534. The van der Waals surface area contributed by atoms with E-state index in [0.717, 1.165) is 23.7 Å². The van der Waals surface area contributed by atoms with Gasteiger partial charge in [-0.25, -0.2) is 4.79 Å². The lowest BCUT2D eigenvalue weighted by atomic mass is 9.96. The van der Waals surface area contributed by atoms with Gasteiger partial charge < -0.3 is 0 Å². The van der Waals surface area contributed by atoms with Crippen LogP contribution in [0.5, 0.6) is 0 Å². The van der Waals surface area contributed by atoms with Crippen molar-refractivity contribution in [2.45, 2.75) is 29.9 Å². The van der Waals surface area contributed by atoms with Gasteiger partial charge >= 0.3 is 6.03 Å². The molecular formula is C13H13BrN2O2S. The maximum atomic E-state index is 12.1. The number of carbonyl (C=O) groups is 2. The molecule has 0 radical (unpaired) electrons. The van der Waals surface area contributed by atoms with E-state index in [0.29, 0.717) is 5.92 Å². The fourth-order valence-corrected chi connectivity index (χ4v) is 4.01. The van der Waals surface area contributed by atoms with Gasteiger partial charge in [0.15, 0.2) is 0 Å². The largest absolute Gasteiger partial charge is 0.331 e. The Hall–Kier alpha value is -1.01. The van der Waals surface area contributed by atoms with Crippen LogP contribution in [0, 0.1) is 0 Å². The second-order valence-corrected chi connectivity index (χ2v) is 7.08. The van der Waals surface area contributed by atoms with Crippen molar-refractivity contribution in [2.24, 2.45) is 0 Å². The molecule has 1 aromatic rings. The van der Waals surface area contributed by atoms with Crippen LogP contribution in [0.2, 0.25) is 0 Å². The van der Waals surface area contributed by atoms with E-state index < -0.39 is 10.8 Å². The molecule has 1 aliphatic carbocycles. The topological polar surface area (TPSA) is 58.2 Å². The third kappa shape index (κ3) is 2.39. The minimum atomic E-state index is -0.494. The van der Waals surface area contributed by atoms with E-state index in [9.17, 15) is 9.59 Å². The van der Waals surface area contributed by atoms with Crippen LogP contribution in [0.15, 0.2) is 28.7 Å². The molecule has 100 valence electrons. The highest BCUT2D eigenvalue weighted by molar-refractivity contribution is 9.10. The van der Waals surface area contributed by atoms with Crippen molar-refractivity contribution in [1.29, 1.82) is 0 Å². The first-order valence-corrected chi connectivity index (χ1v) is 7.75. The van der Waals surface area contributed by atoms with Gasteiger partial charge in [0.1, 0.15) is 4.75 Å². The molecule has 0 aromatic heterocycles. The Morgan fingerprint density at radius 2 is 2.00 bits per heavy atom. The van der Waals surface area contributed by atoms with Crippen LogP contribution in [-0.4, -0.2) is 16.7 Å². The Labute approximate surface area is 124 Å². The lowest BCUT2D eigenvalue weighted by molar-refractivity contribution is -0.122. The zero-order chi connectivity index (χ0) is 13.5. The number of hydrogen-bond donors (Lipinski definition) is 2. The molecule has 3 rings (SSSR count). The maximum Gasteiger partial charge on any atom is 0.331 e. The smallest absolute Gasteiger partial charge is 0.281 e. The van der Waals surface area contributed by atoms with Crippen LogP contribution in [0.1, 0.15) is 30.7 Å². The molecule has 1 saturated carbocycles. The average molecular weight is 341 g/mol. The van der Waals surface area contributed by atoms with Gasteiger partial charge in [-0.1, -0.05) is 28.1 Å². The van der Waals surface area contributed by atoms with E-state index in [1.54, 1.807) is 0 Å². The number of benzene rings is 1. The molecule has 3 amide bonds. The Morgan fingerprint density at radius 1 is 1.26 bits per heavy atom. The fourth-order valence-electron chi connectivity index (χ4n) is 2.76. The van der Waals surface area contributed by atoms with Gasteiger partial charge in [0.25, 0.3) is 0 Å². The first-order chi connectivity index (χ1) is 9.09. The molecule has 1 saturated heterocycles. The van der Waals surface area contributed by atoms with Crippen LogP contribution in [0.4, 0.5) is 4.79 Å². The summed E-state index contributed by atoms with van der Waals surface area (Å²) in [4.78, 5) is 23.2. The summed E-state index contributed by atoms with van der Waals surface area (Å²) in [6.45, 7) is 0. The van der Waals surface area contributed by atoms with E-state index in [-0.39, 0.29) is 5.91 Å². The molecule has 1 heterocycles. The molecule has 6 heteroatoms. The van der Waals surface area contributed by atoms with Gasteiger partial charge in [0, 0.05) is 4.47 Å². The van der Waals surface area contributed by atoms with E-state index >= 15 is 0 Å². The summed E-state index contributed by atoms with van der Waals surface area (Å²) in [5.41, 5.74) is 1.25. The third-order valence-electron chi connectivity index (χ3n) is 3.79. The monoisotopic (exact) mass is 340 g/mol. The van der Waals surface area contributed by atoms with Gasteiger partial charge in [-0.2, -0.15) is 0 Å². The molecule has 2 fully saturated rings. The summed E-state index contributed by atoms with van der Waals surface area (Å²) in [5, 5.41) is 2.38. The summed E-state index contributed by atoms with van der Waals surface area (Å²) in [6.07, 6.45) is 2.54. The van der Waals surface area contributed by atoms with E-state index in [1.807, 2.05) is 12.1 Å². The molecule has 1 unspecified atom stereocenters. The highest BCUT2D eigenvalue weighted by Crippen LogP contribution is 2.48. The first-order valence-electron chi connectivity index (χ1n) is 6.14. The molecule has 2 aliphatic rings. The standard InChI is InChI=1S/C13H13BrN2O2S/c14-10-3-1-8(2-4-10)9-5-6-13(7-9)11(17)15-12(18)16-19-13/h1-4,9H,5-7H2,(H2,15,16,17,18)/t9-,13?/m0/s1. The van der Waals surface area contributed by atoms with Gasteiger partial charge in [-0.3, -0.25) is 14.8 Å². The summed E-state index contributed by atoms with van der Waals surface area (Å²) >= 11 is 4.69. The number of urea groups is 1. The van der Waals surface area contributed by atoms with Crippen molar-refractivity contribution < 1.29 is 9.59 Å². The summed E-state index contributed by atoms with van der Waals surface area (Å²) in [5.74, 6) is 0.224. The van der Waals surface area contributed by atoms with Crippen LogP contribution in [0.25, 0.3) is 0 Å². The predicted octanol–water partition coefficient (Wildman–Crippen LogP) is 2.94.